The molecule has 0 atom stereocenters. The monoisotopic (exact) mass is 253 g/mol. The van der Waals surface area contributed by atoms with Crippen molar-refractivity contribution in [3.05, 3.63) is 0 Å². The van der Waals surface area contributed by atoms with Crippen LogP contribution in [0.1, 0.15) is 40.5 Å². The Morgan fingerprint density at radius 3 is 2.17 bits per heavy atom. The summed E-state index contributed by atoms with van der Waals surface area (Å²) in [5, 5.41) is 3.64. The van der Waals surface area contributed by atoms with Crippen LogP contribution in [0.2, 0.25) is 0 Å². The predicted molar refractivity (Wildman–Crippen MR) is 77.6 cm³/mol. The SMILES string of the molecule is CC1(C)C(CNCCN2CCC(N)CC2)C1(C)C. The van der Waals surface area contributed by atoms with Crippen LogP contribution in [0.5, 0.6) is 0 Å². The Bertz CT molecular complexity index is 263. The molecule has 0 aromatic heterocycles. The molecule has 3 nitrogen and oxygen atoms in total. The van der Waals surface area contributed by atoms with Gasteiger partial charge in [0.25, 0.3) is 0 Å². The summed E-state index contributed by atoms with van der Waals surface area (Å²) in [6, 6.07) is 0.447. The van der Waals surface area contributed by atoms with Crippen molar-refractivity contribution >= 4 is 0 Å². The Morgan fingerprint density at radius 1 is 1.11 bits per heavy atom. The van der Waals surface area contributed by atoms with Gasteiger partial charge >= 0.3 is 0 Å². The minimum atomic E-state index is 0.447. The topological polar surface area (TPSA) is 41.3 Å². The molecule has 0 unspecified atom stereocenters. The number of hydrogen-bond acceptors (Lipinski definition) is 3. The smallest absolute Gasteiger partial charge is 0.0107 e. The quantitative estimate of drug-likeness (QED) is 0.733. The van der Waals surface area contributed by atoms with E-state index in [4.69, 9.17) is 5.73 Å². The second-order valence-electron chi connectivity index (χ2n) is 7.38. The second kappa shape index (κ2) is 5.10. The summed E-state index contributed by atoms with van der Waals surface area (Å²) >= 11 is 0. The average molecular weight is 253 g/mol. The van der Waals surface area contributed by atoms with Crippen LogP contribution >= 0.6 is 0 Å². The van der Waals surface area contributed by atoms with E-state index in [-0.39, 0.29) is 0 Å². The minimum Gasteiger partial charge on any atom is -0.328 e. The first-order valence-corrected chi connectivity index (χ1v) is 7.54. The fraction of sp³-hybridized carbons (Fsp3) is 1.00. The van der Waals surface area contributed by atoms with Gasteiger partial charge in [0.05, 0.1) is 0 Å². The highest BCUT2D eigenvalue weighted by molar-refractivity contribution is 5.12. The van der Waals surface area contributed by atoms with Crippen molar-refractivity contribution in [3.63, 3.8) is 0 Å². The van der Waals surface area contributed by atoms with Gasteiger partial charge in [0.15, 0.2) is 0 Å². The van der Waals surface area contributed by atoms with Gasteiger partial charge in [-0.2, -0.15) is 0 Å². The lowest BCUT2D eigenvalue weighted by Crippen LogP contribution is -2.42. The Balaban J connectivity index is 1.58. The molecule has 18 heavy (non-hydrogen) atoms. The molecular weight excluding hydrogens is 222 g/mol. The predicted octanol–water partition coefficient (Wildman–Crippen LogP) is 1.68. The van der Waals surface area contributed by atoms with Crippen molar-refractivity contribution in [1.82, 2.24) is 10.2 Å². The molecule has 1 saturated carbocycles. The largest absolute Gasteiger partial charge is 0.328 e. The summed E-state index contributed by atoms with van der Waals surface area (Å²) in [5.41, 5.74) is 6.94. The Hall–Kier alpha value is -0.120. The van der Waals surface area contributed by atoms with Crippen LogP contribution in [0.15, 0.2) is 0 Å². The Kier molecular flexibility index (Phi) is 4.05. The van der Waals surface area contributed by atoms with Gasteiger partial charge in [-0.1, -0.05) is 27.7 Å². The van der Waals surface area contributed by atoms with Crippen LogP contribution in [0.25, 0.3) is 0 Å². The summed E-state index contributed by atoms with van der Waals surface area (Å²) in [6.45, 7) is 15.4. The molecule has 3 N–H and O–H groups in total. The zero-order valence-corrected chi connectivity index (χ0v) is 12.6. The summed E-state index contributed by atoms with van der Waals surface area (Å²) in [6.07, 6.45) is 2.34. The van der Waals surface area contributed by atoms with Gasteiger partial charge in [0, 0.05) is 19.1 Å². The summed E-state index contributed by atoms with van der Waals surface area (Å²) in [4.78, 5) is 2.54. The fourth-order valence-corrected chi connectivity index (χ4v) is 3.50. The third-order valence-electron chi connectivity index (χ3n) is 5.91. The van der Waals surface area contributed by atoms with Crippen LogP contribution in [0.4, 0.5) is 0 Å². The molecule has 0 amide bonds. The molecule has 3 heteroatoms. The molecule has 2 aliphatic rings. The van der Waals surface area contributed by atoms with Crippen LogP contribution < -0.4 is 11.1 Å². The summed E-state index contributed by atoms with van der Waals surface area (Å²) in [5.74, 6) is 0.833. The van der Waals surface area contributed by atoms with E-state index < -0.39 is 0 Å². The van der Waals surface area contributed by atoms with Gasteiger partial charge in [-0.05, 0) is 49.2 Å². The lowest BCUT2D eigenvalue weighted by molar-refractivity contribution is 0.213. The van der Waals surface area contributed by atoms with E-state index in [2.05, 4.69) is 37.9 Å². The highest BCUT2D eigenvalue weighted by Gasteiger charge is 2.63. The van der Waals surface area contributed by atoms with Crippen LogP contribution in [0.3, 0.4) is 0 Å². The molecule has 0 aromatic rings. The number of hydrogen-bond donors (Lipinski definition) is 2. The standard InChI is InChI=1S/C15H31N3/c1-14(2)13(15(14,3)4)11-17-7-10-18-8-5-12(16)6-9-18/h12-13,17H,5-11,16H2,1-4H3. The number of likely N-dealkylation sites (tertiary alicyclic amines) is 1. The first-order chi connectivity index (χ1) is 8.35. The second-order valence-corrected chi connectivity index (χ2v) is 7.38. The third-order valence-corrected chi connectivity index (χ3v) is 5.91. The van der Waals surface area contributed by atoms with Crippen LogP contribution in [-0.4, -0.2) is 43.7 Å². The van der Waals surface area contributed by atoms with Gasteiger partial charge in [-0.3, -0.25) is 0 Å². The highest BCUT2D eigenvalue weighted by Crippen LogP contribution is 2.67. The van der Waals surface area contributed by atoms with Crippen molar-refractivity contribution in [1.29, 1.82) is 0 Å². The summed E-state index contributed by atoms with van der Waals surface area (Å²) in [7, 11) is 0. The molecular formula is C15H31N3. The number of piperidine rings is 1. The fourth-order valence-electron chi connectivity index (χ4n) is 3.50. The number of nitrogens with zero attached hydrogens (tertiary/aromatic N) is 1. The lowest BCUT2D eigenvalue weighted by Gasteiger charge is -2.30. The normalized spacial score (nSPS) is 28.5. The van der Waals surface area contributed by atoms with Gasteiger partial charge in [0.2, 0.25) is 0 Å². The van der Waals surface area contributed by atoms with Crippen molar-refractivity contribution in [2.75, 3.05) is 32.7 Å². The van der Waals surface area contributed by atoms with Crippen LogP contribution in [0, 0.1) is 16.7 Å². The van der Waals surface area contributed by atoms with E-state index in [1.165, 1.54) is 39.0 Å². The number of rotatable bonds is 5. The molecule has 1 aliphatic heterocycles. The maximum Gasteiger partial charge on any atom is 0.0107 e. The van der Waals surface area contributed by atoms with E-state index in [9.17, 15) is 0 Å². The number of nitrogens with two attached hydrogens (primary N) is 1. The Labute approximate surface area is 112 Å². The molecule has 0 bridgehead atoms. The highest BCUT2D eigenvalue weighted by atomic mass is 15.1. The zero-order chi connectivity index (χ0) is 13.4. The van der Waals surface area contributed by atoms with Crippen molar-refractivity contribution in [3.8, 4) is 0 Å². The maximum atomic E-state index is 5.92. The van der Waals surface area contributed by atoms with Crippen LogP contribution in [-0.2, 0) is 0 Å². The third kappa shape index (κ3) is 2.73. The molecule has 1 aliphatic carbocycles. The number of nitrogens with one attached hydrogen (secondary N) is 1. The van der Waals surface area contributed by atoms with Gasteiger partial charge in [-0.25, -0.2) is 0 Å². The first-order valence-electron chi connectivity index (χ1n) is 7.54. The van der Waals surface area contributed by atoms with E-state index >= 15 is 0 Å². The maximum absolute atomic E-state index is 5.92. The molecule has 1 heterocycles. The van der Waals surface area contributed by atoms with E-state index in [1.54, 1.807) is 0 Å². The first kappa shape index (κ1) is 14.3. The average Bonchev–Trinajstić information content (AvgIpc) is 2.68. The van der Waals surface area contributed by atoms with E-state index in [1.807, 2.05) is 0 Å². The van der Waals surface area contributed by atoms with Gasteiger partial charge in [0.1, 0.15) is 0 Å². The summed E-state index contributed by atoms with van der Waals surface area (Å²) < 4.78 is 0. The van der Waals surface area contributed by atoms with Gasteiger partial charge in [-0.15, -0.1) is 0 Å². The van der Waals surface area contributed by atoms with E-state index in [0.29, 0.717) is 16.9 Å². The molecule has 2 fully saturated rings. The van der Waals surface area contributed by atoms with Crippen molar-refractivity contribution in [2.24, 2.45) is 22.5 Å². The zero-order valence-electron chi connectivity index (χ0n) is 12.6. The minimum absolute atomic E-state index is 0.447. The van der Waals surface area contributed by atoms with Gasteiger partial charge < -0.3 is 16.0 Å². The molecule has 0 aromatic carbocycles. The molecule has 2 rings (SSSR count). The molecule has 0 spiro atoms. The van der Waals surface area contributed by atoms with E-state index in [0.717, 1.165) is 12.5 Å². The lowest BCUT2D eigenvalue weighted by atomic mass is 10.0. The molecule has 0 radical (unpaired) electrons. The Morgan fingerprint density at radius 2 is 1.67 bits per heavy atom. The van der Waals surface area contributed by atoms with Crippen molar-refractivity contribution in [2.45, 2.75) is 46.6 Å². The molecule has 1 saturated heterocycles. The molecule has 106 valence electrons. The van der Waals surface area contributed by atoms with Crippen molar-refractivity contribution < 1.29 is 0 Å².